The van der Waals surface area contributed by atoms with Crippen LogP contribution in [0.15, 0.2) is 11.6 Å². The number of hydrogen-bond acceptors (Lipinski definition) is 4. The largest absolute Gasteiger partial charge is 0.393 e. The van der Waals surface area contributed by atoms with Gasteiger partial charge in [0.2, 0.25) is 0 Å². The Balaban J connectivity index is 1.47. The number of rotatable bonds is 8. The zero-order valence-electron chi connectivity index (χ0n) is 23.6. The topological polar surface area (TPSA) is 69.9 Å². The predicted molar refractivity (Wildman–Crippen MR) is 142 cm³/mol. The molecule has 3 fully saturated rings. The van der Waals surface area contributed by atoms with Crippen molar-refractivity contribution in [3.63, 3.8) is 0 Å². The van der Waals surface area contributed by atoms with E-state index in [4.69, 9.17) is 4.74 Å². The van der Waals surface area contributed by atoms with Crippen LogP contribution < -0.4 is 0 Å². The lowest BCUT2D eigenvalue weighted by atomic mass is 9.46. The molecule has 35 heavy (non-hydrogen) atoms. The summed E-state index contributed by atoms with van der Waals surface area (Å²) >= 11 is 0. The summed E-state index contributed by atoms with van der Waals surface area (Å²) in [5.41, 5.74) is 0.837. The lowest BCUT2D eigenvalue weighted by Gasteiger charge is -2.59. The minimum absolute atomic E-state index is 0.0728. The van der Waals surface area contributed by atoms with Gasteiger partial charge in [-0.15, -0.1) is 0 Å². The number of aliphatic hydroxyl groups excluding tert-OH is 2. The van der Waals surface area contributed by atoms with E-state index in [0.717, 1.165) is 49.9 Å². The molecule has 3 saturated carbocycles. The van der Waals surface area contributed by atoms with Crippen LogP contribution in [0.2, 0.25) is 0 Å². The Morgan fingerprint density at radius 2 is 1.74 bits per heavy atom. The van der Waals surface area contributed by atoms with Gasteiger partial charge in [-0.3, -0.25) is 0 Å². The van der Waals surface area contributed by atoms with Crippen LogP contribution in [0.4, 0.5) is 0 Å². The molecular weight excluding hydrogens is 436 g/mol. The molecular formula is C31H54O4. The number of fused-ring (bicyclic) bond motifs is 5. The molecule has 4 nitrogen and oxygen atoms in total. The fraction of sp³-hybridized carbons (Fsp3) is 0.935. The summed E-state index contributed by atoms with van der Waals surface area (Å²) < 4.78 is 6.01. The second-order valence-electron chi connectivity index (χ2n) is 14.4. The van der Waals surface area contributed by atoms with Crippen molar-refractivity contribution in [2.75, 3.05) is 6.61 Å². The molecule has 0 amide bonds. The highest BCUT2D eigenvalue weighted by Crippen LogP contribution is 2.67. The summed E-state index contributed by atoms with van der Waals surface area (Å²) in [4.78, 5) is 0. The third kappa shape index (κ3) is 5.16. The Bertz CT molecular complexity index is 768. The van der Waals surface area contributed by atoms with Gasteiger partial charge in [-0.05, 0) is 124 Å². The van der Waals surface area contributed by atoms with Crippen LogP contribution in [0, 0.1) is 46.3 Å². The van der Waals surface area contributed by atoms with Crippen LogP contribution in [0.1, 0.15) is 106 Å². The van der Waals surface area contributed by atoms with Gasteiger partial charge in [-0.2, -0.15) is 0 Å². The normalized spacial score (nSPS) is 43.2. The van der Waals surface area contributed by atoms with Gasteiger partial charge in [0.15, 0.2) is 0 Å². The average Bonchev–Trinajstić information content (AvgIpc) is 3.13. The molecule has 202 valence electrons. The van der Waals surface area contributed by atoms with Crippen LogP contribution >= 0.6 is 0 Å². The van der Waals surface area contributed by atoms with Crippen molar-refractivity contribution >= 4 is 0 Å². The maximum absolute atomic E-state index is 11.3. The van der Waals surface area contributed by atoms with Crippen LogP contribution in [-0.2, 0) is 4.74 Å². The van der Waals surface area contributed by atoms with Gasteiger partial charge in [0.05, 0.1) is 24.4 Å². The summed E-state index contributed by atoms with van der Waals surface area (Å²) in [6.07, 6.45) is 11.8. The summed E-state index contributed by atoms with van der Waals surface area (Å²) in [6, 6.07) is 0. The minimum Gasteiger partial charge on any atom is -0.393 e. The molecule has 0 aromatic carbocycles. The van der Waals surface area contributed by atoms with Crippen LogP contribution in [0.3, 0.4) is 0 Å². The van der Waals surface area contributed by atoms with Gasteiger partial charge in [-0.1, -0.05) is 40.7 Å². The third-order valence-electron chi connectivity index (χ3n) is 11.2. The van der Waals surface area contributed by atoms with Crippen molar-refractivity contribution in [3.05, 3.63) is 11.6 Å². The lowest BCUT2D eigenvalue weighted by Crippen LogP contribution is -2.54. The molecule has 0 aliphatic heterocycles. The number of aliphatic hydroxyl groups is 3. The Kier molecular flexibility index (Phi) is 7.92. The Morgan fingerprint density at radius 3 is 2.40 bits per heavy atom. The molecule has 0 aromatic heterocycles. The maximum Gasteiger partial charge on any atom is 0.102 e. The highest BCUT2D eigenvalue weighted by atomic mass is 16.5. The molecule has 0 spiro atoms. The van der Waals surface area contributed by atoms with E-state index in [0.29, 0.717) is 23.2 Å². The van der Waals surface area contributed by atoms with Gasteiger partial charge in [0.1, 0.15) is 6.10 Å². The highest BCUT2D eigenvalue weighted by molar-refractivity contribution is 5.29. The first-order valence-corrected chi connectivity index (χ1v) is 14.7. The molecule has 0 aromatic rings. The molecule has 10 atom stereocenters. The smallest absolute Gasteiger partial charge is 0.102 e. The van der Waals surface area contributed by atoms with Crippen LogP contribution in [-0.4, -0.2) is 45.8 Å². The Morgan fingerprint density at radius 1 is 1.03 bits per heavy atom. The van der Waals surface area contributed by atoms with E-state index in [2.05, 4.69) is 40.7 Å². The van der Waals surface area contributed by atoms with Crippen molar-refractivity contribution in [2.45, 2.75) is 130 Å². The van der Waals surface area contributed by atoms with E-state index in [9.17, 15) is 15.3 Å². The fourth-order valence-electron chi connectivity index (χ4n) is 9.14. The molecule has 4 heteroatoms. The summed E-state index contributed by atoms with van der Waals surface area (Å²) in [7, 11) is 0. The standard InChI is InChI=1S/C31H54O4/c1-19(2)26(32)13-8-20(3)22-11-12-23-21-9-10-25-28(33)27(35-18-29(4,5)34)15-17-31(25,7)24(21)14-16-30(22,23)6/h10,19-24,26-28,32-34H,8-9,11-18H2,1-7H3/t20-,21+,22-,23+,24+,26-,27+,28-,30-,31-/m1/s1. The van der Waals surface area contributed by atoms with Crippen molar-refractivity contribution in [2.24, 2.45) is 46.3 Å². The van der Waals surface area contributed by atoms with Crippen molar-refractivity contribution < 1.29 is 20.1 Å². The third-order valence-corrected chi connectivity index (χ3v) is 11.2. The van der Waals surface area contributed by atoms with E-state index in [1.54, 1.807) is 13.8 Å². The van der Waals surface area contributed by atoms with Crippen LogP contribution in [0.25, 0.3) is 0 Å². The number of hydrogen-bond donors (Lipinski definition) is 3. The fourth-order valence-corrected chi connectivity index (χ4v) is 9.14. The minimum atomic E-state index is -0.872. The van der Waals surface area contributed by atoms with Gasteiger partial charge < -0.3 is 20.1 Å². The molecule has 0 unspecified atom stereocenters. The average molecular weight is 491 g/mol. The van der Waals surface area contributed by atoms with E-state index in [1.807, 2.05) is 0 Å². The molecule has 0 radical (unpaired) electrons. The number of ether oxygens (including phenoxy) is 1. The lowest BCUT2D eigenvalue weighted by molar-refractivity contribution is -0.120. The first kappa shape index (κ1) is 27.6. The van der Waals surface area contributed by atoms with E-state index >= 15 is 0 Å². The Labute approximate surface area is 214 Å². The summed E-state index contributed by atoms with van der Waals surface area (Å²) in [6.45, 7) is 15.5. The van der Waals surface area contributed by atoms with Crippen LogP contribution in [0.5, 0.6) is 0 Å². The van der Waals surface area contributed by atoms with Gasteiger partial charge >= 0.3 is 0 Å². The first-order chi connectivity index (χ1) is 16.3. The molecule has 0 bridgehead atoms. The zero-order valence-corrected chi connectivity index (χ0v) is 23.6. The maximum atomic E-state index is 11.3. The van der Waals surface area contributed by atoms with E-state index < -0.39 is 11.7 Å². The molecule has 4 rings (SSSR count). The second-order valence-corrected chi connectivity index (χ2v) is 14.4. The highest BCUT2D eigenvalue weighted by Gasteiger charge is 2.60. The molecule has 3 N–H and O–H groups in total. The van der Waals surface area contributed by atoms with E-state index in [-0.39, 0.29) is 24.2 Å². The predicted octanol–water partition coefficient (Wildman–Crippen LogP) is 6.13. The monoisotopic (exact) mass is 490 g/mol. The zero-order chi connectivity index (χ0) is 25.8. The van der Waals surface area contributed by atoms with Crippen molar-refractivity contribution in [1.82, 2.24) is 0 Å². The molecule has 0 saturated heterocycles. The molecule has 4 aliphatic rings. The molecule has 4 aliphatic carbocycles. The summed E-state index contributed by atoms with van der Waals surface area (Å²) in [5, 5.41) is 31.8. The van der Waals surface area contributed by atoms with E-state index in [1.165, 1.54) is 31.3 Å². The van der Waals surface area contributed by atoms with Crippen molar-refractivity contribution in [3.8, 4) is 0 Å². The number of allylic oxidation sites excluding steroid dienone is 1. The molecule has 0 heterocycles. The Hall–Kier alpha value is -0.420. The van der Waals surface area contributed by atoms with Gasteiger partial charge in [-0.25, -0.2) is 0 Å². The SMILES string of the molecule is CC(C)[C@H](O)CC[C@@H](C)[C@H]1CC[C@H]2[C@@H]3CC=C4[C@@H](O)[C@@H](OCC(C)(C)O)CC[C@]4(C)[C@H]3CC[C@]12C. The van der Waals surface area contributed by atoms with Crippen molar-refractivity contribution in [1.29, 1.82) is 0 Å². The summed E-state index contributed by atoms with van der Waals surface area (Å²) in [5.74, 6) is 3.94. The van der Waals surface area contributed by atoms with Gasteiger partial charge in [0.25, 0.3) is 0 Å². The van der Waals surface area contributed by atoms with Gasteiger partial charge in [0, 0.05) is 0 Å². The second kappa shape index (κ2) is 10.0. The quantitative estimate of drug-likeness (QED) is 0.358. The first-order valence-electron chi connectivity index (χ1n) is 14.7.